The summed E-state index contributed by atoms with van der Waals surface area (Å²) in [5, 5.41) is 1.52. The Kier molecular flexibility index (Phi) is 6.39. The van der Waals surface area contributed by atoms with Crippen molar-refractivity contribution >= 4 is 32.4 Å². The van der Waals surface area contributed by atoms with E-state index in [-0.39, 0.29) is 17.6 Å². The van der Waals surface area contributed by atoms with Gasteiger partial charge in [-0.15, -0.1) is 0 Å². The van der Waals surface area contributed by atoms with Crippen LogP contribution < -0.4 is 15.2 Å². The number of ether oxygens (including phenoxy) is 1. The fourth-order valence-corrected chi connectivity index (χ4v) is 5.33. The number of aryl methyl sites for hydroxylation is 2. The van der Waals surface area contributed by atoms with Crippen LogP contribution in [0.1, 0.15) is 25.0 Å². The Labute approximate surface area is 199 Å². The largest absolute Gasteiger partial charge is 0.437 e. The van der Waals surface area contributed by atoms with Gasteiger partial charge in [-0.1, -0.05) is 38.1 Å². The lowest BCUT2D eigenvalue weighted by atomic mass is 10.0. The number of pyridine rings is 1. The highest BCUT2D eigenvalue weighted by Crippen LogP contribution is 2.39. The van der Waals surface area contributed by atoms with Crippen LogP contribution in [0.5, 0.6) is 11.6 Å². The number of nitrogens with one attached hydrogen (secondary N) is 1. The zero-order valence-corrected chi connectivity index (χ0v) is 20.3. The van der Waals surface area contributed by atoms with E-state index in [1.807, 2.05) is 58.0 Å². The van der Waals surface area contributed by atoms with Crippen molar-refractivity contribution in [3.8, 4) is 22.9 Å². The van der Waals surface area contributed by atoms with Gasteiger partial charge in [0, 0.05) is 23.2 Å². The lowest BCUT2D eigenvalue weighted by Gasteiger charge is -2.18. The Balaban J connectivity index is 1.82. The van der Waals surface area contributed by atoms with Gasteiger partial charge in [0.1, 0.15) is 5.75 Å². The van der Waals surface area contributed by atoms with E-state index in [0.29, 0.717) is 28.6 Å². The topological polar surface area (TPSA) is 120 Å². The Bertz CT molecular complexity index is 1470. The van der Waals surface area contributed by atoms with Gasteiger partial charge in [-0.3, -0.25) is 4.72 Å². The highest BCUT2D eigenvalue weighted by atomic mass is 32.2. The van der Waals surface area contributed by atoms with Crippen molar-refractivity contribution in [2.75, 3.05) is 16.2 Å². The molecule has 3 N–H and O–H groups in total. The quantitative estimate of drug-likeness (QED) is 0.381. The van der Waals surface area contributed by atoms with Gasteiger partial charge in [0.2, 0.25) is 21.9 Å². The molecule has 2 aromatic heterocycles. The number of nitrogens with two attached hydrogens (primary N) is 1. The third-order valence-corrected chi connectivity index (χ3v) is 6.91. The lowest BCUT2D eigenvalue weighted by molar-refractivity contribution is 0.466. The van der Waals surface area contributed by atoms with Gasteiger partial charge in [0.05, 0.1) is 22.7 Å². The molecule has 0 aliphatic heterocycles. The standard InChI is InChI=1S/C25H27N5O3S/c1-15(2)14-34(31,32)30-22-16(3)7-10-19-18(22)9-8-17(4)23(19)33-24-20(6-5-12-27-24)21-11-13-28-25(26)29-21/h5-13,15,30H,14H2,1-4H3,(H2,26,28,29). The second-order valence-electron chi connectivity index (χ2n) is 8.60. The molecule has 176 valence electrons. The minimum Gasteiger partial charge on any atom is -0.437 e. The summed E-state index contributed by atoms with van der Waals surface area (Å²) < 4.78 is 34.5. The van der Waals surface area contributed by atoms with E-state index in [0.717, 1.165) is 21.9 Å². The van der Waals surface area contributed by atoms with E-state index < -0.39 is 10.0 Å². The molecule has 4 rings (SSSR count). The van der Waals surface area contributed by atoms with Crippen LogP contribution in [0.3, 0.4) is 0 Å². The average molecular weight is 478 g/mol. The molecule has 0 fully saturated rings. The fraction of sp³-hybridized carbons (Fsp3) is 0.240. The number of nitrogen functional groups attached to an aromatic ring is 1. The Morgan fingerprint density at radius 1 is 0.971 bits per heavy atom. The molecule has 34 heavy (non-hydrogen) atoms. The number of aromatic nitrogens is 3. The second-order valence-corrected chi connectivity index (χ2v) is 10.4. The second kappa shape index (κ2) is 9.26. The maximum absolute atomic E-state index is 12.7. The molecule has 0 unspecified atom stereocenters. The summed E-state index contributed by atoms with van der Waals surface area (Å²) in [6, 6.07) is 13.0. The number of sulfonamides is 1. The van der Waals surface area contributed by atoms with Gasteiger partial charge in [-0.2, -0.15) is 0 Å². The van der Waals surface area contributed by atoms with E-state index in [4.69, 9.17) is 10.5 Å². The molecule has 0 saturated heterocycles. The third-order valence-electron chi connectivity index (χ3n) is 5.29. The zero-order chi connectivity index (χ0) is 24.5. The molecule has 0 aliphatic rings. The van der Waals surface area contributed by atoms with Crippen LogP contribution in [0, 0.1) is 19.8 Å². The number of hydrogen-bond acceptors (Lipinski definition) is 7. The van der Waals surface area contributed by atoms with Crippen molar-refractivity contribution in [2.24, 2.45) is 5.92 Å². The van der Waals surface area contributed by atoms with Gasteiger partial charge in [0.15, 0.2) is 0 Å². The van der Waals surface area contributed by atoms with Crippen molar-refractivity contribution in [1.82, 2.24) is 15.0 Å². The first-order valence-corrected chi connectivity index (χ1v) is 12.5. The minimum atomic E-state index is -3.51. The average Bonchev–Trinajstić information content (AvgIpc) is 2.77. The van der Waals surface area contributed by atoms with Crippen molar-refractivity contribution in [2.45, 2.75) is 27.7 Å². The number of anilines is 2. The van der Waals surface area contributed by atoms with Crippen molar-refractivity contribution in [1.29, 1.82) is 0 Å². The van der Waals surface area contributed by atoms with E-state index >= 15 is 0 Å². The molecule has 4 aromatic rings. The van der Waals surface area contributed by atoms with Crippen LogP contribution in [-0.4, -0.2) is 29.1 Å². The molecule has 2 aromatic carbocycles. The van der Waals surface area contributed by atoms with Crippen LogP contribution in [0.15, 0.2) is 54.9 Å². The SMILES string of the molecule is Cc1ccc2c(Oc3ncccc3-c3ccnc(N)n3)c(C)ccc2c1NS(=O)(=O)CC(C)C. The molecule has 0 aliphatic carbocycles. The highest BCUT2D eigenvalue weighted by molar-refractivity contribution is 7.92. The molecular weight excluding hydrogens is 450 g/mol. The first-order valence-electron chi connectivity index (χ1n) is 10.9. The molecule has 8 nitrogen and oxygen atoms in total. The highest BCUT2D eigenvalue weighted by Gasteiger charge is 2.19. The number of benzene rings is 2. The molecule has 0 radical (unpaired) electrons. The predicted molar refractivity (Wildman–Crippen MR) is 135 cm³/mol. The Hall–Kier alpha value is -3.72. The molecule has 0 atom stereocenters. The Morgan fingerprint density at radius 3 is 2.44 bits per heavy atom. The van der Waals surface area contributed by atoms with E-state index in [2.05, 4.69) is 19.7 Å². The van der Waals surface area contributed by atoms with Crippen LogP contribution in [-0.2, 0) is 10.0 Å². The smallest absolute Gasteiger partial charge is 0.233 e. The van der Waals surface area contributed by atoms with Gasteiger partial charge in [-0.05, 0) is 49.1 Å². The van der Waals surface area contributed by atoms with E-state index in [1.54, 1.807) is 24.5 Å². The first kappa shape index (κ1) is 23.4. The summed E-state index contributed by atoms with van der Waals surface area (Å²) in [4.78, 5) is 12.7. The zero-order valence-electron chi connectivity index (χ0n) is 19.5. The molecule has 2 heterocycles. The first-order chi connectivity index (χ1) is 16.1. The molecule has 0 bridgehead atoms. The van der Waals surface area contributed by atoms with Crippen LogP contribution in [0.2, 0.25) is 0 Å². The normalized spacial score (nSPS) is 11.7. The summed E-state index contributed by atoms with van der Waals surface area (Å²) in [5.74, 6) is 1.15. The predicted octanol–water partition coefficient (Wildman–Crippen LogP) is 5.08. The monoisotopic (exact) mass is 477 g/mol. The van der Waals surface area contributed by atoms with Gasteiger partial charge in [-0.25, -0.2) is 23.4 Å². The molecular formula is C25H27N5O3S. The van der Waals surface area contributed by atoms with Gasteiger partial charge >= 0.3 is 0 Å². The van der Waals surface area contributed by atoms with Crippen molar-refractivity contribution in [3.63, 3.8) is 0 Å². The summed E-state index contributed by atoms with van der Waals surface area (Å²) in [7, 11) is -3.51. The number of fused-ring (bicyclic) bond motifs is 1. The minimum absolute atomic E-state index is 0.00679. The molecule has 0 amide bonds. The number of hydrogen-bond donors (Lipinski definition) is 2. The number of nitrogens with zero attached hydrogens (tertiary/aromatic N) is 3. The molecule has 9 heteroatoms. The maximum Gasteiger partial charge on any atom is 0.233 e. The van der Waals surface area contributed by atoms with Gasteiger partial charge < -0.3 is 10.5 Å². The molecule has 0 saturated carbocycles. The fourth-order valence-electron chi connectivity index (χ4n) is 3.79. The Morgan fingerprint density at radius 2 is 1.71 bits per heavy atom. The van der Waals surface area contributed by atoms with Crippen molar-refractivity contribution < 1.29 is 13.2 Å². The lowest BCUT2D eigenvalue weighted by Crippen LogP contribution is -2.20. The molecule has 0 spiro atoms. The van der Waals surface area contributed by atoms with Crippen molar-refractivity contribution in [3.05, 3.63) is 66.0 Å². The maximum atomic E-state index is 12.7. The summed E-state index contributed by atoms with van der Waals surface area (Å²) in [6.07, 6.45) is 3.22. The third kappa shape index (κ3) is 4.94. The number of rotatable bonds is 7. The van der Waals surface area contributed by atoms with Crippen LogP contribution in [0.25, 0.3) is 22.0 Å². The summed E-state index contributed by atoms with van der Waals surface area (Å²) in [6.45, 7) is 7.56. The van der Waals surface area contributed by atoms with E-state index in [9.17, 15) is 8.42 Å². The van der Waals surface area contributed by atoms with Gasteiger partial charge in [0.25, 0.3) is 0 Å². The summed E-state index contributed by atoms with van der Waals surface area (Å²) >= 11 is 0. The van der Waals surface area contributed by atoms with Crippen LogP contribution >= 0.6 is 0 Å². The van der Waals surface area contributed by atoms with E-state index in [1.165, 1.54) is 0 Å². The summed E-state index contributed by atoms with van der Waals surface area (Å²) in [5.41, 5.74) is 9.28. The van der Waals surface area contributed by atoms with Crippen LogP contribution in [0.4, 0.5) is 11.6 Å².